The van der Waals surface area contributed by atoms with E-state index in [0.717, 1.165) is 24.8 Å². The minimum Gasteiger partial charge on any atom is -0.459 e. The Morgan fingerprint density at radius 1 is 0.900 bits per heavy atom. The largest absolute Gasteiger partial charge is 0.459 e. The second kappa shape index (κ2) is 14.3. The minimum absolute atomic E-state index is 0.0268. The van der Waals surface area contributed by atoms with Crippen molar-refractivity contribution in [1.29, 1.82) is 0 Å². The summed E-state index contributed by atoms with van der Waals surface area (Å²) in [5.41, 5.74) is 5.62. The Hall–Kier alpha value is -4.13. The quantitative estimate of drug-likeness (QED) is 0.213. The Labute approximate surface area is 237 Å². The first-order chi connectivity index (χ1) is 20.0. The lowest BCUT2D eigenvalue weighted by Crippen LogP contribution is -2.38. The first kappa shape index (κ1) is 27.4. The third kappa shape index (κ3) is 7.94. The topological polar surface area (TPSA) is 84.9 Å². The summed E-state index contributed by atoms with van der Waals surface area (Å²) in [6, 6.07) is 25.8. The van der Waals surface area contributed by atoms with E-state index < -0.39 is 24.9 Å². The first-order valence-corrected chi connectivity index (χ1v) is 13.8. The average molecular weight is 545 g/mol. The van der Waals surface area contributed by atoms with Crippen molar-refractivity contribution in [3.63, 3.8) is 0 Å². The van der Waals surface area contributed by atoms with E-state index in [1.807, 2.05) is 61.5 Å². The molecule has 0 heterocycles. The van der Waals surface area contributed by atoms with Gasteiger partial charge in [0.05, 0.1) is 0 Å². The summed E-state index contributed by atoms with van der Waals surface area (Å²) in [6.07, 6.45) is 1.99. The average Bonchev–Trinajstić information content (AvgIpc) is 3.32. The lowest BCUT2D eigenvalue weighted by atomic mass is 9.98. The van der Waals surface area contributed by atoms with Crippen LogP contribution in [-0.2, 0) is 25.7 Å². The summed E-state index contributed by atoms with van der Waals surface area (Å²) >= 11 is 0. The fourth-order valence-electron chi connectivity index (χ4n) is 5.12. The molecule has 0 unspecified atom stereocenters. The third-order valence-electron chi connectivity index (χ3n) is 7.18. The standard InChI is InChI=1S/C33H38N2O5/c1-24(20-35(25(2)36)21-32(37)39-22-26-13-4-3-5-14-26)12-10-11-19-34-33(38)40-23-31-29-17-8-6-15-27(29)28-16-7-9-18-30(28)31/h3-9,13-18,24,31H,10-12,19-23H2,1-2H3,(H,34,38)/t24-/m0/s1/i2T. The Morgan fingerprint density at radius 2 is 1.55 bits per heavy atom. The SMILES string of the molecule is [3H]CC(=O)N(CC(=O)OCc1ccccc1)C[C@@H](C)CCCCNC(=O)OCC1c2ccccc2-c2ccccc21. The fourth-order valence-corrected chi connectivity index (χ4v) is 5.12. The van der Waals surface area contributed by atoms with Crippen molar-refractivity contribution in [2.45, 2.75) is 45.6 Å². The molecule has 4 rings (SSSR count). The maximum atomic E-state index is 12.4. The zero-order valence-electron chi connectivity index (χ0n) is 24.0. The number of hydrogen-bond acceptors (Lipinski definition) is 5. The van der Waals surface area contributed by atoms with Crippen molar-refractivity contribution in [3.05, 3.63) is 95.6 Å². The van der Waals surface area contributed by atoms with E-state index >= 15 is 0 Å². The molecule has 0 bridgehead atoms. The third-order valence-corrected chi connectivity index (χ3v) is 7.18. The zero-order valence-corrected chi connectivity index (χ0v) is 23.0. The number of amides is 2. The minimum atomic E-state index is -0.491. The van der Waals surface area contributed by atoms with Crippen LogP contribution in [0, 0.1) is 5.92 Å². The molecule has 0 saturated carbocycles. The molecule has 0 radical (unpaired) electrons. The smallest absolute Gasteiger partial charge is 0.407 e. The van der Waals surface area contributed by atoms with Gasteiger partial charge in [-0.25, -0.2) is 4.79 Å². The molecule has 3 aromatic rings. The maximum Gasteiger partial charge on any atom is 0.407 e. The highest BCUT2D eigenvalue weighted by Crippen LogP contribution is 2.44. The number of carbonyl (C=O) groups excluding carboxylic acids is 3. The number of alkyl carbamates (subject to hydrolysis) is 1. The van der Waals surface area contributed by atoms with Crippen LogP contribution in [0.5, 0.6) is 0 Å². The molecular weight excluding hydrogens is 504 g/mol. The summed E-state index contributed by atoms with van der Waals surface area (Å²) < 4.78 is 18.4. The molecule has 1 N–H and O–H groups in total. The number of nitrogens with one attached hydrogen (secondary N) is 1. The Kier molecular flexibility index (Phi) is 9.82. The van der Waals surface area contributed by atoms with Crippen molar-refractivity contribution in [2.75, 3.05) is 26.2 Å². The van der Waals surface area contributed by atoms with Gasteiger partial charge in [-0.3, -0.25) is 9.59 Å². The number of benzene rings is 3. The molecule has 3 aromatic carbocycles. The monoisotopic (exact) mass is 544 g/mol. The predicted octanol–water partition coefficient (Wildman–Crippen LogP) is 5.92. The molecule has 1 aliphatic rings. The molecule has 7 nitrogen and oxygen atoms in total. The Morgan fingerprint density at radius 3 is 2.23 bits per heavy atom. The van der Waals surface area contributed by atoms with Gasteiger partial charge in [0.25, 0.3) is 0 Å². The maximum absolute atomic E-state index is 12.4. The number of esters is 1. The predicted molar refractivity (Wildman–Crippen MR) is 155 cm³/mol. The van der Waals surface area contributed by atoms with E-state index in [2.05, 4.69) is 29.6 Å². The Balaban J connectivity index is 1.13. The van der Waals surface area contributed by atoms with Crippen LogP contribution in [0.2, 0.25) is 0 Å². The second-order valence-electron chi connectivity index (χ2n) is 10.3. The van der Waals surface area contributed by atoms with E-state index in [1.165, 1.54) is 27.2 Å². The van der Waals surface area contributed by atoms with Crippen molar-refractivity contribution >= 4 is 18.0 Å². The van der Waals surface area contributed by atoms with Crippen LogP contribution >= 0.6 is 0 Å². The van der Waals surface area contributed by atoms with Gasteiger partial charge < -0.3 is 19.7 Å². The molecule has 0 saturated heterocycles. The van der Waals surface area contributed by atoms with E-state index in [9.17, 15) is 14.4 Å². The highest BCUT2D eigenvalue weighted by molar-refractivity contribution is 5.80. The van der Waals surface area contributed by atoms with Crippen LogP contribution in [0.25, 0.3) is 11.1 Å². The summed E-state index contributed by atoms with van der Waals surface area (Å²) in [5.74, 6) is -0.735. The summed E-state index contributed by atoms with van der Waals surface area (Å²) in [4.78, 5) is 38.4. The van der Waals surface area contributed by atoms with Gasteiger partial charge in [0.1, 0.15) is 19.8 Å². The van der Waals surface area contributed by atoms with Gasteiger partial charge in [0, 0.05) is 27.3 Å². The van der Waals surface area contributed by atoms with Crippen LogP contribution in [0.15, 0.2) is 78.9 Å². The van der Waals surface area contributed by atoms with Gasteiger partial charge in [-0.15, -0.1) is 0 Å². The highest BCUT2D eigenvalue weighted by Gasteiger charge is 2.29. The van der Waals surface area contributed by atoms with E-state index in [0.29, 0.717) is 13.1 Å². The van der Waals surface area contributed by atoms with E-state index in [-0.39, 0.29) is 31.6 Å². The number of fused-ring (bicyclic) bond motifs is 3. The molecule has 0 aliphatic heterocycles. The van der Waals surface area contributed by atoms with Gasteiger partial charge in [-0.05, 0) is 46.6 Å². The normalized spacial score (nSPS) is 13.0. The van der Waals surface area contributed by atoms with Crippen molar-refractivity contribution in [2.24, 2.45) is 5.92 Å². The van der Waals surface area contributed by atoms with Crippen molar-refractivity contribution in [1.82, 2.24) is 10.2 Å². The van der Waals surface area contributed by atoms with Crippen LogP contribution in [0.4, 0.5) is 4.79 Å². The molecule has 210 valence electrons. The number of nitrogens with zero attached hydrogens (tertiary/aromatic N) is 1. The fraction of sp³-hybridized carbons (Fsp3) is 0.364. The lowest BCUT2D eigenvalue weighted by Gasteiger charge is -2.24. The van der Waals surface area contributed by atoms with E-state index in [1.54, 1.807) is 0 Å². The molecular formula is C33H38N2O5. The number of rotatable bonds is 13. The molecule has 1 aliphatic carbocycles. The molecule has 2 amide bonds. The summed E-state index contributed by atoms with van der Waals surface area (Å²) in [5, 5.41) is 2.84. The van der Waals surface area contributed by atoms with Crippen LogP contribution < -0.4 is 5.32 Å². The Bertz CT molecular complexity index is 1270. The zero-order chi connectivity index (χ0) is 29.0. The highest BCUT2D eigenvalue weighted by atomic mass is 16.5. The van der Waals surface area contributed by atoms with Gasteiger partial charge in [0.2, 0.25) is 5.91 Å². The molecule has 0 spiro atoms. The number of carbonyl (C=O) groups is 3. The molecule has 40 heavy (non-hydrogen) atoms. The van der Waals surface area contributed by atoms with Crippen LogP contribution in [0.1, 0.15) is 57.1 Å². The molecule has 1 atom stereocenters. The van der Waals surface area contributed by atoms with Crippen LogP contribution in [0.3, 0.4) is 0 Å². The molecule has 0 aromatic heterocycles. The first-order valence-electron chi connectivity index (χ1n) is 14.5. The number of ether oxygens (including phenoxy) is 2. The number of hydrogen-bond donors (Lipinski definition) is 1. The van der Waals surface area contributed by atoms with Crippen LogP contribution in [-0.4, -0.2) is 49.1 Å². The number of unbranched alkanes of at least 4 members (excludes halogenated alkanes) is 1. The van der Waals surface area contributed by atoms with Gasteiger partial charge in [0.15, 0.2) is 0 Å². The molecule has 0 fully saturated rings. The van der Waals surface area contributed by atoms with Crippen molar-refractivity contribution in [3.8, 4) is 11.1 Å². The van der Waals surface area contributed by atoms with Gasteiger partial charge in [-0.2, -0.15) is 0 Å². The van der Waals surface area contributed by atoms with Gasteiger partial charge >= 0.3 is 12.1 Å². The molecule has 7 heteroatoms. The lowest BCUT2D eigenvalue weighted by molar-refractivity contribution is -0.150. The van der Waals surface area contributed by atoms with Gasteiger partial charge in [-0.1, -0.05) is 92.2 Å². The summed E-state index contributed by atoms with van der Waals surface area (Å²) in [6.45, 7) is 2.72. The van der Waals surface area contributed by atoms with Crippen molar-refractivity contribution < 1.29 is 25.2 Å². The second-order valence-corrected chi connectivity index (χ2v) is 10.3. The van der Waals surface area contributed by atoms with E-state index in [4.69, 9.17) is 10.8 Å². The summed E-state index contributed by atoms with van der Waals surface area (Å²) in [7, 11) is 0.